The van der Waals surface area contributed by atoms with Gasteiger partial charge in [0.2, 0.25) is 5.95 Å². The molecule has 1 unspecified atom stereocenters. The van der Waals surface area contributed by atoms with Crippen molar-refractivity contribution in [1.82, 2.24) is 20.2 Å². The molecule has 2 amide bonds. The van der Waals surface area contributed by atoms with Crippen molar-refractivity contribution in [2.24, 2.45) is 0 Å². The number of nitrogens with zero attached hydrogens (tertiary/aromatic N) is 3. The molecule has 29 heavy (non-hydrogen) atoms. The van der Waals surface area contributed by atoms with E-state index in [1.807, 2.05) is 20.8 Å². The van der Waals surface area contributed by atoms with Gasteiger partial charge in [-0.15, -0.1) is 0 Å². The number of halogens is 1. The summed E-state index contributed by atoms with van der Waals surface area (Å²) in [5.74, 6) is 0.151. The van der Waals surface area contributed by atoms with Crippen LogP contribution in [0.25, 0.3) is 0 Å². The summed E-state index contributed by atoms with van der Waals surface area (Å²) in [6.45, 7) is 6.71. The lowest BCUT2D eigenvalue weighted by atomic mass is 9.94. The zero-order valence-electron chi connectivity index (χ0n) is 17.1. The number of amides is 2. The van der Waals surface area contributed by atoms with Crippen LogP contribution >= 0.6 is 0 Å². The van der Waals surface area contributed by atoms with Crippen LogP contribution in [-0.2, 0) is 18.5 Å². The predicted octanol–water partition coefficient (Wildman–Crippen LogP) is 2.80. The first-order chi connectivity index (χ1) is 13.8. The van der Waals surface area contributed by atoms with E-state index in [1.54, 1.807) is 23.2 Å². The molecule has 3 N–H and O–H groups in total. The van der Waals surface area contributed by atoms with Crippen molar-refractivity contribution in [2.45, 2.75) is 51.7 Å². The van der Waals surface area contributed by atoms with Crippen molar-refractivity contribution in [3.05, 3.63) is 53.1 Å². The van der Waals surface area contributed by atoms with Gasteiger partial charge in [0, 0.05) is 12.7 Å². The molecule has 7 nitrogen and oxygen atoms in total. The van der Waals surface area contributed by atoms with E-state index in [0.717, 1.165) is 23.2 Å². The summed E-state index contributed by atoms with van der Waals surface area (Å²) < 4.78 is 13.2. The van der Waals surface area contributed by atoms with Crippen LogP contribution in [0.5, 0.6) is 0 Å². The zero-order valence-corrected chi connectivity index (χ0v) is 17.1. The lowest BCUT2D eigenvalue weighted by Crippen LogP contribution is -2.49. The summed E-state index contributed by atoms with van der Waals surface area (Å²) in [7, 11) is 0. The Kier molecular flexibility index (Phi) is 6.32. The Morgan fingerprint density at radius 2 is 2.07 bits per heavy atom. The maximum absolute atomic E-state index is 13.2. The molecule has 1 aromatic carbocycles. The molecular weight excluding hydrogens is 373 g/mol. The Bertz CT molecular complexity index is 853. The van der Waals surface area contributed by atoms with Gasteiger partial charge in [0.25, 0.3) is 0 Å². The van der Waals surface area contributed by atoms with E-state index in [4.69, 9.17) is 0 Å². The molecule has 1 aromatic heterocycles. The SMILES string of the molecule is CCC(CO)Nc1ncc2c(n1)CN(C(=O)NC(C)(C)c1ccc(F)cc1)CC2. The van der Waals surface area contributed by atoms with Gasteiger partial charge in [-0.2, -0.15) is 0 Å². The largest absolute Gasteiger partial charge is 0.394 e. The molecule has 0 saturated carbocycles. The van der Waals surface area contributed by atoms with Crippen molar-refractivity contribution in [3.8, 4) is 0 Å². The van der Waals surface area contributed by atoms with Crippen molar-refractivity contribution >= 4 is 12.0 Å². The summed E-state index contributed by atoms with van der Waals surface area (Å²) >= 11 is 0. The molecule has 8 heteroatoms. The average molecular weight is 401 g/mol. The fraction of sp³-hybridized carbons (Fsp3) is 0.476. The summed E-state index contributed by atoms with van der Waals surface area (Å²) in [6, 6.07) is 5.84. The van der Waals surface area contributed by atoms with Crippen LogP contribution < -0.4 is 10.6 Å². The molecule has 1 aliphatic heterocycles. The van der Waals surface area contributed by atoms with Crippen molar-refractivity contribution in [2.75, 3.05) is 18.5 Å². The Morgan fingerprint density at radius 1 is 1.34 bits per heavy atom. The van der Waals surface area contributed by atoms with Gasteiger partial charge in [-0.25, -0.2) is 19.2 Å². The molecule has 3 rings (SSSR count). The normalized spacial score (nSPS) is 14.9. The third kappa shape index (κ3) is 5.00. The average Bonchev–Trinajstić information content (AvgIpc) is 2.71. The van der Waals surface area contributed by atoms with Gasteiger partial charge in [0.05, 0.1) is 30.4 Å². The number of aliphatic hydroxyl groups excluding tert-OH is 1. The van der Waals surface area contributed by atoms with Crippen LogP contribution in [0.4, 0.5) is 15.1 Å². The van der Waals surface area contributed by atoms with E-state index < -0.39 is 5.54 Å². The first-order valence-corrected chi connectivity index (χ1v) is 9.87. The highest BCUT2D eigenvalue weighted by Gasteiger charge is 2.28. The minimum atomic E-state index is -0.640. The van der Waals surface area contributed by atoms with E-state index in [-0.39, 0.29) is 24.5 Å². The molecule has 0 spiro atoms. The van der Waals surface area contributed by atoms with Gasteiger partial charge in [-0.05, 0) is 49.9 Å². The number of urea groups is 1. The number of hydrogen-bond acceptors (Lipinski definition) is 5. The Morgan fingerprint density at radius 3 is 2.72 bits per heavy atom. The standard InChI is InChI=1S/C21H28FN5O2/c1-4-17(13-28)24-19-23-11-14-9-10-27(12-18(14)25-19)20(29)26-21(2,3)15-5-7-16(22)8-6-15/h5-8,11,17,28H,4,9-10,12-13H2,1-3H3,(H,26,29)(H,23,24,25). The number of rotatable bonds is 6. The molecule has 0 fully saturated rings. The summed E-state index contributed by atoms with van der Waals surface area (Å²) in [5.41, 5.74) is 2.01. The number of benzene rings is 1. The van der Waals surface area contributed by atoms with E-state index in [2.05, 4.69) is 20.6 Å². The number of carbonyl (C=O) groups is 1. The third-order valence-electron chi connectivity index (χ3n) is 5.26. The van der Waals surface area contributed by atoms with Gasteiger partial charge < -0.3 is 20.6 Å². The molecule has 0 bridgehead atoms. The number of aromatic nitrogens is 2. The number of carbonyl (C=O) groups excluding carboxylic acids is 1. The Balaban J connectivity index is 1.69. The predicted molar refractivity (Wildman–Crippen MR) is 109 cm³/mol. The summed E-state index contributed by atoms with van der Waals surface area (Å²) in [4.78, 5) is 23.5. The van der Waals surface area contributed by atoms with Crippen molar-refractivity contribution in [1.29, 1.82) is 0 Å². The monoisotopic (exact) mass is 401 g/mol. The number of hydrogen-bond donors (Lipinski definition) is 3. The Labute approximate surface area is 170 Å². The minimum Gasteiger partial charge on any atom is -0.394 e. The molecule has 1 aliphatic rings. The first kappa shape index (κ1) is 21.0. The molecule has 156 valence electrons. The second kappa shape index (κ2) is 8.73. The second-order valence-corrected chi connectivity index (χ2v) is 7.83. The summed E-state index contributed by atoms with van der Waals surface area (Å²) in [6.07, 6.45) is 3.22. The van der Waals surface area contributed by atoms with Gasteiger partial charge in [-0.1, -0.05) is 19.1 Å². The highest BCUT2D eigenvalue weighted by molar-refractivity contribution is 5.75. The molecule has 2 heterocycles. The lowest BCUT2D eigenvalue weighted by Gasteiger charge is -2.33. The van der Waals surface area contributed by atoms with Gasteiger partial charge in [0.15, 0.2) is 0 Å². The van der Waals surface area contributed by atoms with Crippen molar-refractivity contribution < 1.29 is 14.3 Å². The van der Waals surface area contributed by atoms with Gasteiger partial charge in [-0.3, -0.25) is 0 Å². The maximum atomic E-state index is 13.2. The fourth-order valence-electron chi connectivity index (χ4n) is 3.29. The van der Waals surface area contributed by atoms with Crippen LogP contribution in [0.2, 0.25) is 0 Å². The number of anilines is 1. The molecule has 0 aliphatic carbocycles. The van der Waals surface area contributed by atoms with Crippen LogP contribution in [0, 0.1) is 5.82 Å². The van der Waals surface area contributed by atoms with Crippen LogP contribution in [0.3, 0.4) is 0 Å². The van der Waals surface area contributed by atoms with E-state index in [9.17, 15) is 14.3 Å². The quantitative estimate of drug-likeness (QED) is 0.693. The number of aliphatic hydroxyl groups is 1. The smallest absolute Gasteiger partial charge is 0.318 e. The van der Waals surface area contributed by atoms with E-state index >= 15 is 0 Å². The molecule has 1 atom stereocenters. The lowest BCUT2D eigenvalue weighted by molar-refractivity contribution is 0.180. The molecular formula is C21H28FN5O2. The van der Waals surface area contributed by atoms with Gasteiger partial charge in [0.1, 0.15) is 5.82 Å². The topological polar surface area (TPSA) is 90.4 Å². The van der Waals surface area contributed by atoms with Crippen LogP contribution in [0.15, 0.2) is 30.5 Å². The maximum Gasteiger partial charge on any atom is 0.318 e. The molecule has 2 aromatic rings. The molecule has 0 saturated heterocycles. The highest BCUT2D eigenvalue weighted by atomic mass is 19.1. The second-order valence-electron chi connectivity index (χ2n) is 7.83. The summed E-state index contributed by atoms with van der Waals surface area (Å²) in [5, 5.41) is 15.5. The van der Waals surface area contributed by atoms with Crippen LogP contribution in [0.1, 0.15) is 44.0 Å². The fourth-order valence-corrected chi connectivity index (χ4v) is 3.29. The number of nitrogens with one attached hydrogen (secondary N) is 2. The Hall–Kier alpha value is -2.74. The number of fused-ring (bicyclic) bond motifs is 1. The van der Waals surface area contributed by atoms with E-state index in [0.29, 0.717) is 25.5 Å². The van der Waals surface area contributed by atoms with Crippen molar-refractivity contribution in [3.63, 3.8) is 0 Å². The first-order valence-electron chi connectivity index (χ1n) is 9.87. The third-order valence-corrected chi connectivity index (χ3v) is 5.26. The van der Waals surface area contributed by atoms with Crippen LogP contribution in [-0.4, -0.2) is 45.2 Å². The minimum absolute atomic E-state index is 0.00391. The van der Waals surface area contributed by atoms with Gasteiger partial charge >= 0.3 is 6.03 Å². The van der Waals surface area contributed by atoms with E-state index in [1.165, 1.54) is 12.1 Å². The highest BCUT2D eigenvalue weighted by Crippen LogP contribution is 2.23. The molecule has 0 radical (unpaired) electrons. The zero-order chi connectivity index (χ0) is 21.0.